The van der Waals surface area contributed by atoms with Crippen LogP contribution in [0.4, 0.5) is 0 Å². The molecule has 24 heavy (non-hydrogen) atoms. The van der Waals surface area contributed by atoms with Crippen LogP contribution in [-0.4, -0.2) is 21.1 Å². The first-order valence-corrected chi connectivity index (χ1v) is 9.67. The van der Waals surface area contributed by atoms with E-state index in [2.05, 4.69) is 46.5 Å². The molecule has 1 atom stereocenters. The average Bonchev–Trinajstić information content (AvgIpc) is 3.04. The number of thioether (sulfide) groups is 1. The van der Waals surface area contributed by atoms with Crippen LogP contribution in [0.5, 0.6) is 0 Å². The van der Waals surface area contributed by atoms with Gasteiger partial charge in [-0.3, -0.25) is 4.79 Å². The monoisotopic (exact) mass is 357 g/mol. The van der Waals surface area contributed by atoms with Crippen LogP contribution in [0, 0.1) is 0 Å². The molecule has 0 aliphatic heterocycles. The van der Waals surface area contributed by atoms with Gasteiger partial charge in [0.1, 0.15) is 16.2 Å². The topological polar surface area (TPSA) is 68.9 Å². The van der Waals surface area contributed by atoms with Crippen LogP contribution in [0.15, 0.2) is 41.0 Å². The van der Waals surface area contributed by atoms with E-state index in [1.807, 2.05) is 6.92 Å². The van der Waals surface area contributed by atoms with Gasteiger partial charge in [-0.05, 0) is 24.0 Å². The van der Waals surface area contributed by atoms with Gasteiger partial charge in [0, 0.05) is 10.9 Å². The molecule has 0 bridgehead atoms. The Morgan fingerprint density at radius 2 is 2.00 bits per heavy atom. The van der Waals surface area contributed by atoms with Gasteiger partial charge in [-0.25, -0.2) is 9.97 Å². The second-order valence-electron chi connectivity index (χ2n) is 5.48. The SMILES string of the molecule is CCc1ccc(-c2csc3ncnc(SC(CC)C(N)=O)c23)cc1. The fourth-order valence-electron chi connectivity index (χ4n) is 2.55. The molecule has 1 aromatic carbocycles. The summed E-state index contributed by atoms with van der Waals surface area (Å²) in [5.74, 6) is -0.307. The fourth-order valence-corrected chi connectivity index (χ4v) is 4.51. The van der Waals surface area contributed by atoms with E-state index in [9.17, 15) is 4.79 Å². The van der Waals surface area contributed by atoms with Crippen LogP contribution in [-0.2, 0) is 11.2 Å². The van der Waals surface area contributed by atoms with Crippen LogP contribution in [0.25, 0.3) is 21.3 Å². The Kier molecular flexibility index (Phi) is 5.16. The zero-order valence-corrected chi connectivity index (χ0v) is 15.3. The van der Waals surface area contributed by atoms with Crippen LogP contribution in [0.3, 0.4) is 0 Å². The first kappa shape index (κ1) is 16.9. The van der Waals surface area contributed by atoms with Crippen LogP contribution >= 0.6 is 23.1 Å². The Hall–Kier alpha value is -1.92. The molecule has 0 aliphatic carbocycles. The number of carbonyl (C=O) groups is 1. The number of nitrogens with two attached hydrogens (primary N) is 1. The number of hydrogen-bond donors (Lipinski definition) is 1. The van der Waals surface area contributed by atoms with Gasteiger partial charge in [0.05, 0.1) is 10.6 Å². The molecule has 0 fully saturated rings. The van der Waals surface area contributed by atoms with Gasteiger partial charge in [-0.2, -0.15) is 0 Å². The summed E-state index contributed by atoms with van der Waals surface area (Å²) < 4.78 is 0. The van der Waals surface area contributed by atoms with E-state index >= 15 is 0 Å². The number of thiophene rings is 1. The van der Waals surface area contributed by atoms with Crippen molar-refractivity contribution in [3.05, 3.63) is 41.5 Å². The Morgan fingerprint density at radius 3 is 2.62 bits per heavy atom. The molecule has 0 saturated heterocycles. The second kappa shape index (κ2) is 7.32. The molecule has 124 valence electrons. The standard InChI is InChI=1S/C18H19N3OS2/c1-3-11-5-7-12(8-6-11)13-9-23-17-15(13)18(21-10-20-17)24-14(4-2)16(19)22/h5-10,14H,3-4H2,1-2H3,(H2,19,22). The summed E-state index contributed by atoms with van der Waals surface area (Å²) >= 11 is 3.02. The maximum absolute atomic E-state index is 11.6. The molecular formula is C18H19N3OS2. The van der Waals surface area contributed by atoms with Crippen molar-refractivity contribution in [3.8, 4) is 11.1 Å². The number of benzene rings is 1. The van der Waals surface area contributed by atoms with E-state index < -0.39 is 0 Å². The van der Waals surface area contributed by atoms with Crippen molar-refractivity contribution in [1.29, 1.82) is 0 Å². The zero-order valence-electron chi connectivity index (χ0n) is 13.7. The number of carbonyl (C=O) groups excluding carboxylic acids is 1. The Balaban J connectivity index is 2.07. The van der Waals surface area contributed by atoms with Crippen molar-refractivity contribution in [3.63, 3.8) is 0 Å². The molecule has 2 N–H and O–H groups in total. The van der Waals surface area contributed by atoms with Gasteiger partial charge in [-0.1, -0.05) is 49.9 Å². The van der Waals surface area contributed by atoms with E-state index in [0.29, 0.717) is 6.42 Å². The molecule has 2 aromatic heterocycles. The van der Waals surface area contributed by atoms with E-state index in [0.717, 1.165) is 32.8 Å². The molecule has 0 saturated carbocycles. The largest absolute Gasteiger partial charge is 0.369 e. The maximum atomic E-state index is 11.6. The average molecular weight is 358 g/mol. The van der Waals surface area contributed by atoms with Crippen molar-refractivity contribution < 1.29 is 4.79 Å². The second-order valence-corrected chi connectivity index (χ2v) is 7.53. The van der Waals surface area contributed by atoms with Gasteiger partial charge >= 0.3 is 0 Å². The molecule has 4 nitrogen and oxygen atoms in total. The predicted octanol–water partition coefficient (Wildman–Crippen LogP) is 4.28. The molecular weight excluding hydrogens is 338 g/mol. The number of fused-ring (bicyclic) bond motifs is 1. The maximum Gasteiger partial charge on any atom is 0.230 e. The van der Waals surface area contributed by atoms with Gasteiger partial charge in [-0.15, -0.1) is 11.3 Å². The smallest absolute Gasteiger partial charge is 0.230 e. The lowest BCUT2D eigenvalue weighted by atomic mass is 10.0. The number of aryl methyl sites for hydroxylation is 1. The molecule has 1 amide bonds. The van der Waals surface area contributed by atoms with Crippen molar-refractivity contribution in [1.82, 2.24) is 9.97 Å². The quantitative estimate of drug-likeness (QED) is 0.528. The van der Waals surface area contributed by atoms with Crippen LogP contribution < -0.4 is 5.73 Å². The highest BCUT2D eigenvalue weighted by atomic mass is 32.2. The fraction of sp³-hybridized carbons (Fsp3) is 0.278. The summed E-state index contributed by atoms with van der Waals surface area (Å²) in [6.45, 7) is 4.10. The third kappa shape index (κ3) is 3.30. The van der Waals surface area contributed by atoms with Crippen molar-refractivity contribution in [2.24, 2.45) is 5.73 Å². The summed E-state index contributed by atoms with van der Waals surface area (Å²) in [4.78, 5) is 21.3. The number of rotatable bonds is 6. The molecule has 0 spiro atoms. The van der Waals surface area contributed by atoms with Crippen molar-refractivity contribution >= 4 is 39.2 Å². The number of amides is 1. The van der Waals surface area contributed by atoms with Crippen LogP contribution in [0.2, 0.25) is 0 Å². The Morgan fingerprint density at radius 1 is 1.25 bits per heavy atom. The number of nitrogens with zero attached hydrogens (tertiary/aromatic N) is 2. The molecule has 3 aromatic rings. The van der Waals surface area contributed by atoms with Gasteiger partial charge < -0.3 is 5.73 Å². The first-order chi connectivity index (χ1) is 11.6. The molecule has 2 heterocycles. The Labute approximate surface area is 149 Å². The van der Waals surface area contributed by atoms with Crippen LogP contribution in [0.1, 0.15) is 25.8 Å². The number of hydrogen-bond acceptors (Lipinski definition) is 5. The summed E-state index contributed by atoms with van der Waals surface area (Å²) in [7, 11) is 0. The van der Waals surface area contributed by atoms with E-state index in [4.69, 9.17) is 5.73 Å². The molecule has 6 heteroatoms. The lowest BCUT2D eigenvalue weighted by molar-refractivity contribution is -0.117. The molecule has 0 aliphatic rings. The highest BCUT2D eigenvalue weighted by Gasteiger charge is 2.20. The minimum Gasteiger partial charge on any atom is -0.369 e. The lowest BCUT2D eigenvalue weighted by Crippen LogP contribution is -2.24. The van der Waals surface area contributed by atoms with E-state index in [-0.39, 0.29) is 11.2 Å². The number of aromatic nitrogens is 2. The third-order valence-corrected chi connectivity index (χ3v) is 6.22. The minimum atomic E-state index is -0.307. The molecule has 3 rings (SSSR count). The van der Waals surface area contributed by atoms with Gasteiger partial charge in [0.15, 0.2) is 0 Å². The van der Waals surface area contributed by atoms with Crippen molar-refractivity contribution in [2.45, 2.75) is 37.0 Å². The predicted molar refractivity (Wildman–Crippen MR) is 101 cm³/mol. The summed E-state index contributed by atoms with van der Waals surface area (Å²) in [6, 6.07) is 8.56. The molecule has 0 radical (unpaired) electrons. The van der Waals surface area contributed by atoms with Gasteiger partial charge in [0.2, 0.25) is 5.91 Å². The Bertz CT molecular complexity index is 858. The van der Waals surface area contributed by atoms with E-state index in [1.54, 1.807) is 17.7 Å². The molecule has 1 unspecified atom stereocenters. The number of primary amides is 1. The lowest BCUT2D eigenvalue weighted by Gasteiger charge is -2.11. The third-order valence-electron chi connectivity index (χ3n) is 3.95. The van der Waals surface area contributed by atoms with E-state index in [1.165, 1.54) is 17.3 Å². The highest BCUT2D eigenvalue weighted by molar-refractivity contribution is 8.00. The highest BCUT2D eigenvalue weighted by Crippen LogP contribution is 2.39. The summed E-state index contributed by atoms with van der Waals surface area (Å²) in [5, 5.41) is 3.66. The van der Waals surface area contributed by atoms with Crippen molar-refractivity contribution in [2.75, 3.05) is 0 Å². The van der Waals surface area contributed by atoms with Gasteiger partial charge in [0.25, 0.3) is 0 Å². The summed E-state index contributed by atoms with van der Waals surface area (Å²) in [5.41, 5.74) is 9.06. The summed E-state index contributed by atoms with van der Waals surface area (Å²) in [6.07, 6.45) is 3.25. The normalized spacial score (nSPS) is 12.4. The zero-order chi connectivity index (χ0) is 17.1. The minimum absolute atomic E-state index is 0.279. The first-order valence-electron chi connectivity index (χ1n) is 7.91.